The number of ether oxygens (including phenoxy) is 1. The number of nitrogens with zero attached hydrogens (tertiary/aromatic N) is 1. The number of carbonyl (C=O) groups is 3. The molecule has 6 rings (SSSR count). The lowest BCUT2D eigenvalue weighted by atomic mass is 9.85. The average molecular weight is 443 g/mol. The molecule has 0 radical (unpaired) electrons. The van der Waals surface area contributed by atoms with Crippen LogP contribution in [0.2, 0.25) is 0 Å². The minimum Gasteiger partial charge on any atom is -0.365 e. The molecule has 1 saturated carbocycles. The number of imide groups is 1. The third-order valence-corrected chi connectivity index (χ3v) is 7.56. The number of hydrogen-bond donors (Lipinski definition) is 1. The van der Waals surface area contributed by atoms with Gasteiger partial charge in [0.25, 0.3) is 0 Å². The molecule has 1 aliphatic carbocycles. The Morgan fingerprint density at radius 3 is 1.97 bits per heavy atom. The van der Waals surface area contributed by atoms with Crippen LogP contribution in [-0.2, 0) is 25.5 Å². The average Bonchev–Trinajstić information content (AvgIpc) is 3.14. The van der Waals surface area contributed by atoms with Crippen LogP contribution >= 0.6 is 0 Å². The Labute approximate surface area is 192 Å². The van der Waals surface area contributed by atoms with Gasteiger partial charge >= 0.3 is 0 Å². The van der Waals surface area contributed by atoms with Crippen molar-refractivity contribution in [1.29, 1.82) is 0 Å². The molecule has 6 nitrogen and oxygen atoms in total. The fourth-order valence-electron chi connectivity index (χ4n) is 5.41. The van der Waals surface area contributed by atoms with E-state index in [2.05, 4.69) is 19.2 Å². The molecule has 1 N–H and O–H groups in total. The minimum atomic E-state index is -0.392. The van der Waals surface area contributed by atoms with Crippen molar-refractivity contribution >= 4 is 29.1 Å². The van der Waals surface area contributed by atoms with Gasteiger partial charge in [0.2, 0.25) is 17.7 Å². The van der Waals surface area contributed by atoms with Crippen molar-refractivity contribution in [3.63, 3.8) is 0 Å². The van der Waals surface area contributed by atoms with Gasteiger partial charge in [0.05, 0.1) is 29.7 Å². The second kappa shape index (κ2) is 7.12. The summed E-state index contributed by atoms with van der Waals surface area (Å²) in [4.78, 5) is 39.4. The van der Waals surface area contributed by atoms with Gasteiger partial charge in [-0.15, -0.1) is 0 Å². The summed E-state index contributed by atoms with van der Waals surface area (Å²) in [7, 11) is 0. The SMILES string of the molecule is CC1(C)CC1C(=O)Nc1ccc(Cc2ccc(N3C(=O)C4C5C=CC(O5)C4C3=O)cc2)cc1. The Kier molecular flexibility index (Phi) is 4.40. The van der Waals surface area contributed by atoms with Crippen LogP contribution in [0, 0.1) is 23.2 Å². The highest BCUT2D eigenvalue weighted by atomic mass is 16.5. The van der Waals surface area contributed by atoms with Gasteiger partial charge in [-0.2, -0.15) is 0 Å². The maximum Gasteiger partial charge on any atom is 0.240 e. The fourth-order valence-corrected chi connectivity index (χ4v) is 5.41. The predicted molar refractivity (Wildman–Crippen MR) is 123 cm³/mol. The van der Waals surface area contributed by atoms with Crippen LogP contribution in [0.25, 0.3) is 0 Å². The van der Waals surface area contributed by atoms with Gasteiger partial charge in [-0.05, 0) is 53.6 Å². The number of rotatable bonds is 5. The smallest absolute Gasteiger partial charge is 0.240 e. The lowest BCUT2D eigenvalue weighted by molar-refractivity contribution is -0.124. The summed E-state index contributed by atoms with van der Waals surface area (Å²) in [6, 6.07) is 15.5. The highest BCUT2D eigenvalue weighted by Gasteiger charge is 2.61. The van der Waals surface area contributed by atoms with Crippen molar-refractivity contribution < 1.29 is 19.1 Å². The van der Waals surface area contributed by atoms with E-state index in [9.17, 15) is 14.4 Å². The Bertz CT molecular complexity index is 1150. The van der Waals surface area contributed by atoms with Crippen molar-refractivity contribution in [2.24, 2.45) is 23.2 Å². The van der Waals surface area contributed by atoms with Crippen molar-refractivity contribution in [1.82, 2.24) is 0 Å². The molecule has 5 unspecified atom stereocenters. The zero-order valence-electron chi connectivity index (χ0n) is 18.7. The summed E-state index contributed by atoms with van der Waals surface area (Å²) in [5.74, 6) is -0.921. The van der Waals surface area contributed by atoms with Crippen LogP contribution in [0.1, 0.15) is 31.4 Å². The van der Waals surface area contributed by atoms with Gasteiger partial charge in [0.15, 0.2) is 0 Å². The molecule has 5 atom stereocenters. The van der Waals surface area contributed by atoms with E-state index in [1.807, 2.05) is 60.7 Å². The number of fused-ring (bicyclic) bond motifs is 5. The second-order valence-corrected chi connectivity index (χ2v) is 10.3. The Morgan fingerprint density at radius 1 is 0.939 bits per heavy atom. The van der Waals surface area contributed by atoms with Crippen LogP contribution in [0.3, 0.4) is 0 Å². The lowest BCUT2D eigenvalue weighted by Gasteiger charge is -2.18. The Hall–Kier alpha value is -3.25. The normalized spacial score (nSPS) is 30.6. The molecule has 0 spiro atoms. The van der Waals surface area contributed by atoms with Crippen LogP contribution in [0.4, 0.5) is 11.4 Å². The lowest BCUT2D eigenvalue weighted by Crippen LogP contribution is -2.34. The number of amides is 3. The van der Waals surface area contributed by atoms with E-state index in [0.717, 1.165) is 29.7 Å². The number of anilines is 2. The molecule has 4 aliphatic rings. The quantitative estimate of drug-likeness (QED) is 0.566. The second-order valence-electron chi connectivity index (χ2n) is 10.3. The third kappa shape index (κ3) is 3.32. The molecule has 33 heavy (non-hydrogen) atoms. The molecule has 2 bridgehead atoms. The van der Waals surface area contributed by atoms with Gasteiger partial charge in [-0.25, -0.2) is 4.90 Å². The van der Waals surface area contributed by atoms with E-state index in [4.69, 9.17) is 4.74 Å². The topological polar surface area (TPSA) is 75.7 Å². The van der Waals surface area contributed by atoms with Crippen molar-refractivity contribution in [3.8, 4) is 0 Å². The summed E-state index contributed by atoms with van der Waals surface area (Å²) in [5.41, 5.74) is 3.74. The first-order chi connectivity index (χ1) is 15.8. The van der Waals surface area contributed by atoms with Crippen LogP contribution in [0.5, 0.6) is 0 Å². The van der Waals surface area contributed by atoms with Gasteiger partial charge in [-0.1, -0.05) is 50.3 Å². The molecule has 168 valence electrons. The van der Waals surface area contributed by atoms with E-state index < -0.39 is 11.8 Å². The standard InChI is InChI=1S/C27H26N2O4/c1-27(2)14-19(27)24(30)28-17-7-3-15(4-8-17)13-16-5-9-18(10-6-16)29-25(31)22-20-11-12-21(33-20)23(22)26(29)32/h3-12,19-23H,13-14H2,1-2H3,(H,28,30). The van der Waals surface area contributed by atoms with E-state index in [1.165, 1.54) is 4.90 Å². The van der Waals surface area contributed by atoms with Crippen molar-refractivity contribution in [2.75, 3.05) is 10.2 Å². The van der Waals surface area contributed by atoms with Crippen molar-refractivity contribution in [3.05, 3.63) is 71.8 Å². The van der Waals surface area contributed by atoms with Gasteiger partial charge < -0.3 is 10.1 Å². The van der Waals surface area contributed by atoms with Crippen molar-refractivity contribution in [2.45, 2.75) is 38.9 Å². The Morgan fingerprint density at radius 2 is 1.45 bits per heavy atom. The molecule has 6 heteroatoms. The van der Waals surface area contributed by atoms with E-state index in [1.54, 1.807) is 0 Å². The largest absolute Gasteiger partial charge is 0.365 e. The first kappa shape index (κ1) is 20.4. The van der Waals surface area contributed by atoms with Crippen LogP contribution in [-0.4, -0.2) is 29.9 Å². The molecule has 2 aromatic carbocycles. The van der Waals surface area contributed by atoms with Gasteiger partial charge in [0.1, 0.15) is 0 Å². The summed E-state index contributed by atoms with van der Waals surface area (Å²) in [5, 5.41) is 3.00. The van der Waals surface area contributed by atoms with Gasteiger partial charge in [0, 0.05) is 11.6 Å². The molecule has 3 amide bonds. The maximum absolute atomic E-state index is 12.9. The summed E-state index contributed by atoms with van der Waals surface area (Å²) < 4.78 is 5.70. The highest BCUT2D eigenvalue weighted by molar-refractivity contribution is 6.23. The number of carbonyl (C=O) groups excluding carboxylic acids is 3. The van der Waals surface area contributed by atoms with E-state index >= 15 is 0 Å². The predicted octanol–water partition coefficient (Wildman–Crippen LogP) is 3.70. The fraction of sp³-hybridized carbons (Fsp3) is 0.370. The molecule has 0 aromatic heterocycles. The highest BCUT2D eigenvalue weighted by Crippen LogP contribution is 2.52. The molecule has 2 saturated heterocycles. The number of hydrogen-bond acceptors (Lipinski definition) is 4. The zero-order chi connectivity index (χ0) is 22.9. The summed E-state index contributed by atoms with van der Waals surface area (Å²) in [6.45, 7) is 4.23. The van der Waals surface area contributed by atoms with E-state index in [0.29, 0.717) is 5.69 Å². The molecule has 3 heterocycles. The molecule has 3 aliphatic heterocycles. The number of benzene rings is 2. The monoisotopic (exact) mass is 442 g/mol. The van der Waals surface area contributed by atoms with E-state index in [-0.39, 0.29) is 41.3 Å². The zero-order valence-corrected chi connectivity index (χ0v) is 18.7. The molecular formula is C27H26N2O4. The van der Waals surface area contributed by atoms with Gasteiger partial charge in [-0.3, -0.25) is 14.4 Å². The number of nitrogens with one attached hydrogen (secondary N) is 1. The molecule has 3 fully saturated rings. The van der Waals surface area contributed by atoms with Crippen LogP contribution < -0.4 is 10.2 Å². The summed E-state index contributed by atoms with van der Waals surface area (Å²) in [6.07, 6.45) is 4.90. The first-order valence-corrected chi connectivity index (χ1v) is 11.5. The molecule has 2 aromatic rings. The first-order valence-electron chi connectivity index (χ1n) is 11.5. The third-order valence-electron chi connectivity index (χ3n) is 7.56. The minimum absolute atomic E-state index is 0.0915. The van der Waals surface area contributed by atoms with Crippen LogP contribution in [0.15, 0.2) is 60.7 Å². The maximum atomic E-state index is 12.9. The Balaban J connectivity index is 1.11. The summed E-state index contributed by atoms with van der Waals surface area (Å²) >= 11 is 0. The molecular weight excluding hydrogens is 416 g/mol.